The number of aryl methyl sites for hydroxylation is 1. The first-order valence-corrected chi connectivity index (χ1v) is 11.5. The number of rotatable bonds is 4. The number of hydrogen-bond acceptors (Lipinski definition) is 5. The van der Waals surface area contributed by atoms with Crippen molar-refractivity contribution in [3.05, 3.63) is 59.3 Å². The quantitative estimate of drug-likeness (QED) is 0.593. The van der Waals surface area contributed by atoms with Gasteiger partial charge in [0.05, 0.1) is 5.41 Å². The molecule has 3 aliphatic carbocycles. The average Bonchev–Trinajstić information content (AvgIpc) is 3.45. The Morgan fingerprint density at radius 2 is 2.07 bits per heavy atom. The van der Waals surface area contributed by atoms with Gasteiger partial charge in [-0.15, -0.1) is 11.3 Å². The second-order valence-electron chi connectivity index (χ2n) is 8.88. The van der Waals surface area contributed by atoms with E-state index in [-0.39, 0.29) is 11.5 Å². The van der Waals surface area contributed by atoms with Gasteiger partial charge >= 0.3 is 5.69 Å². The highest BCUT2D eigenvalue weighted by molar-refractivity contribution is 7.12. The summed E-state index contributed by atoms with van der Waals surface area (Å²) in [7, 11) is 0. The van der Waals surface area contributed by atoms with Crippen LogP contribution >= 0.6 is 11.3 Å². The molecule has 5 N–H and O–H groups in total. The van der Waals surface area contributed by atoms with Gasteiger partial charge in [0.15, 0.2) is 11.6 Å². The molecule has 1 fully saturated rings. The number of H-pyrrole nitrogens is 2. The Hall–Kier alpha value is -2.19. The van der Waals surface area contributed by atoms with E-state index in [9.17, 15) is 14.7 Å². The minimum Gasteiger partial charge on any atom is -0.504 e. The summed E-state index contributed by atoms with van der Waals surface area (Å²) < 4.78 is 16.1. The van der Waals surface area contributed by atoms with Crippen LogP contribution in [0.4, 0.5) is 4.39 Å². The Labute approximate surface area is 177 Å². The van der Waals surface area contributed by atoms with E-state index in [1.807, 2.05) is 6.92 Å². The van der Waals surface area contributed by atoms with Crippen molar-refractivity contribution < 1.29 is 9.50 Å². The molecule has 2 heterocycles. The predicted molar refractivity (Wildman–Crippen MR) is 115 cm³/mol. The number of nitrogens with two attached hydrogens (primary N) is 1. The lowest BCUT2D eigenvalue weighted by molar-refractivity contribution is 0.282. The normalized spacial score (nSPS) is 28.4. The average molecular weight is 432 g/mol. The van der Waals surface area contributed by atoms with E-state index in [0.717, 1.165) is 43.4 Å². The minimum atomic E-state index is -1.05. The molecular weight excluding hydrogens is 405 g/mol. The fourth-order valence-corrected chi connectivity index (χ4v) is 7.38. The van der Waals surface area contributed by atoms with Crippen LogP contribution in [0, 0.1) is 5.92 Å². The first kappa shape index (κ1) is 19.8. The second-order valence-corrected chi connectivity index (χ2v) is 10.0. The van der Waals surface area contributed by atoms with Gasteiger partial charge in [-0.05, 0) is 68.5 Å². The van der Waals surface area contributed by atoms with E-state index in [1.54, 1.807) is 11.3 Å². The number of nitrogens with one attached hydrogen (secondary N) is 2. The molecule has 0 radical (unpaired) electrons. The molecule has 160 valence electrons. The summed E-state index contributed by atoms with van der Waals surface area (Å²) in [5, 5.41) is 10.8. The molecule has 8 heteroatoms. The molecule has 0 bridgehead atoms. The topological polar surface area (TPSA) is 112 Å². The van der Waals surface area contributed by atoms with Crippen molar-refractivity contribution in [3.63, 3.8) is 0 Å². The van der Waals surface area contributed by atoms with Gasteiger partial charge in [-0.2, -0.15) is 0 Å². The maximum atomic E-state index is 16.1. The molecule has 0 amide bonds. The van der Waals surface area contributed by atoms with Gasteiger partial charge in [0.25, 0.3) is 5.56 Å². The molecule has 1 saturated carbocycles. The highest BCUT2D eigenvalue weighted by atomic mass is 32.1. The Balaban J connectivity index is 1.75. The molecular formula is C22H26FN3O3S. The molecule has 6 nitrogen and oxygen atoms in total. The fraction of sp³-hybridized carbons (Fsp3) is 0.545. The van der Waals surface area contributed by atoms with Crippen molar-refractivity contribution in [2.75, 3.05) is 6.54 Å². The van der Waals surface area contributed by atoms with E-state index >= 15 is 4.39 Å². The maximum absolute atomic E-state index is 16.1. The predicted octanol–water partition coefficient (Wildman–Crippen LogP) is 3.55. The van der Waals surface area contributed by atoms with E-state index in [1.165, 1.54) is 10.4 Å². The van der Waals surface area contributed by atoms with Gasteiger partial charge in [-0.1, -0.05) is 6.92 Å². The summed E-state index contributed by atoms with van der Waals surface area (Å²) >= 11 is 1.63. The summed E-state index contributed by atoms with van der Waals surface area (Å²) in [5.41, 5.74) is 4.81. The first-order valence-electron chi connectivity index (χ1n) is 10.7. The zero-order chi connectivity index (χ0) is 21.2. The third kappa shape index (κ3) is 2.62. The van der Waals surface area contributed by atoms with Crippen LogP contribution in [0.15, 0.2) is 21.5 Å². The summed E-state index contributed by atoms with van der Waals surface area (Å²) in [6.07, 6.45) is 5.76. The van der Waals surface area contributed by atoms with Gasteiger partial charge in [0, 0.05) is 21.4 Å². The SMILES string of the molecule is CC1c2[nH]c(=O)[nH]c(=O)c2C(O)=C(F)C1(c1cc2c(s1)CCCC2CCN)C1CC1. The van der Waals surface area contributed by atoms with Gasteiger partial charge < -0.3 is 15.8 Å². The minimum absolute atomic E-state index is 0.0265. The lowest BCUT2D eigenvalue weighted by Crippen LogP contribution is -2.42. The van der Waals surface area contributed by atoms with Crippen molar-refractivity contribution in [1.82, 2.24) is 9.97 Å². The number of fused-ring (bicyclic) bond motifs is 2. The number of aromatic nitrogens is 2. The smallest absolute Gasteiger partial charge is 0.325 e. The molecule has 3 unspecified atom stereocenters. The summed E-state index contributed by atoms with van der Waals surface area (Å²) in [4.78, 5) is 31.3. The zero-order valence-electron chi connectivity index (χ0n) is 16.9. The molecule has 3 aliphatic rings. The van der Waals surface area contributed by atoms with Crippen LogP contribution < -0.4 is 17.0 Å². The number of aliphatic hydroxyl groups excluding tert-OH is 1. The van der Waals surface area contributed by atoms with Crippen LogP contribution in [0.5, 0.6) is 0 Å². The summed E-state index contributed by atoms with van der Waals surface area (Å²) in [5.74, 6) is -1.35. The van der Waals surface area contributed by atoms with E-state index in [4.69, 9.17) is 5.73 Å². The standard InChI is InChI=1S/C22H26FN3O3S/c1-10-17-16(20(28)26-21(29)25-17)18(27)19(23)22(10,12-5-6-12)15-9-13-11(7-8-24)3-2-4-14(13)30-15/h9-12,27H,2-8,24H2,1H3,(H2,25,26,28,29). The van der Waals surface area contributed by atoms with Crippen molar-refractivity contribution in [1.29, 1.82) is 0 Å². The van der Waals surface area contributed by atoms with Crippen LogP contribution in [-0.2, 0) is 11.8 Å². The van der Waals surface area contributed by atoms with Gasteiger partial charge in [-0.25, -0.2) is 9.18 Å². The lowest BCUT2D eigenvalue weighted by atomic mass is 9.64. The Morgan fingerprint density at radius 1 is 1.30 bits per heavy atom. The number of hydrogen-bond donors (Lipinski definition) is 4. The van der Waals surface area contributed by atoms with Crippen molar-refractivity contribution in [2.24, 2.45) is 11.7 Å². The number of halogens is 1. The second kappa shape index (κ2) is 6.92. The van der Waals surface area contributed by atoms with Crippen LogP contribution in [0.25, 0.3) is 5.76 Å². The van der Waals surface area contributed by atoms with Gasteiger partial charge in [0.2, 0.25) is 0 Å². The number of thiophene rings is 1. The summed E-state index contributed by atoms with van der Waals surface area (Å²) in [6.45, 7) is 2.47. The Morgan fingerprint density at radius 3 is 2.77 bits per heavy atom. The van der Waals surface area contributed by atoms with Crippen molar-refractivity contribution in [3.8, 4) is 0 Å². The maximum Gasteiger partial charge on any atom is 0.325 e. The van der Waals surface area contributed by atoms with E-state index < -0.39 is 34.2 Å². The molecule has 0 aliphatic heterocycles. The molecule has 0 spiro atoms. The lowest BCUT2D eigenvalue weighted by Gasteiger charge is -2.41. The third-order valence-corrected chi connectivity index (χ3v) is 8.64. The molecule has 0 saturated heterocycles. The molecule has 3 atom stereocenters. The fourth-order valence-electron chi connectivity index (χ4n) is 5.73. The molecule has 5 rings (SSSR count). The number of aromatic amines is 2. The molecule has 30 heavy (non-hydrogen) atoms. The number of allylic oxidation sites excluding steroid dienone is 1. The highest BCUT2D eigenvalue weighted by Crippen LogP contribution is 2.63. The molecule has 2 aromatic heterocycles. The number of aliphatic hydroxyl groups is 1. The van der Waals surface area contributed by atoms with Crippen LogP contribution in [-0.4, -0.2) is 21.6 Å². The van der Waals surface area contributed by atoms with Crippen molar-refractivity contribution >= 4 is 17.1 Å². The van der Waals surface area contributed by atoms with E-state index in [0.29, 0.717) is 18.2 Å². The largest absolute Gasteiger partial charge is 0.504 e. The van der Waals surface area contributed by atoms with Crippen molar-refractivity contribution in [2.45, 2.75) is 62.7 Å². The van der Waals surface area contributed by atoms with E-state index in [2.05, 4.69) is 16.0 Å². The van der Waals surface area contributed by atoms with Crippen LogP contribution in [0.1, 0.15) is 77.4 Å². The summed E-state index contributed by atoms with van der Waals surface area (Å²) in [6, 6.07) is 2.12. The first-order chi connectivity index (χ1) is 14.4. The Bertz CT molecular complexity index is 1160. The molecule has 0 aromatic carbocycles. The van der Waals surface area contributed by atoms with Crippen LogP contribution in [0.2, 0.25) is 0 Å². The zero-order valence-corrected chi connectivity index (χ0v) is 17.7. The van der Waals surface area contributed by atoms with Gasteiger partial charge in [0.1, 0.15) is 5.56 Å². The third-order valence-electron chi connectivity index (χ3n) is 7.28. The van der Waals surface area contributed by atoms with Gasteiger partial charge in [-0.3, -0.25) is 9.78 Å². The Kier molecular flexibility index (Phi) is 4.56. The van der Waals surface area contributed by atoms with Crippen LogP contribution in [0.3, 0.4) is 0 Å². The highest BCUT2D eigenvalue weighted by Gasteiger charge is 2.59. The molecule has 2 aromatic rings. The monoisotopic (exact) mass is 431 g/mol.